The monoisotopic (exact) mass is 246 g/mol. The van der Waals surface area contributed by atoms with E-state index in [-0.39, 0.29) is 29.6 Å². The van der Waals surface area contributed by atoms with Crippen molar-refractivity contribution in [3.05, 3.63) is 30.3 Å². The van der Waals surface area contributed by atoms with Gasteiger partial charge in [0.25, 0.3) is 0 Å². The van der Waals surface area contributed by atoms with Crippen molar-refractivity contribution in [2.45, 2.75) is 0 Å². The van der Waals surface area contributed by atoms with Crippen LogP contribution in [0, 0.1) is 30.3 Å². The Balaban J connectivity index is 0.00000225. The fraction of sp³-hybridized carbons (Fsp3) is 1.00. The Morgan fingerprint density at radius 1 is 0.688 bits per heavy atom. The van der Waals surface area contributed by atoms with Gasteiger partial charge in [0.2, 0.25) is 20.0 Å². The van der Waals surface area contributed by atoms with Gasteiger partial charge < -0.3 is 0 Å². The molecular formula is C3H7N6NaO6. The second-order valence-electron chi connectivity index (χ2n) is 2.66. The summed E-state index contributed by atoms with van der Waals surface area (Å²) in [6, 6.07) is 0. The molecule has 0 radical (unpaired) electrons. The van der Waals surface area contributed by atoms with Crippen LogP contribution >= 0.6 is 0 Å². The zero-order valence-corrected chi connectivity index (χ0v) is 7.25. The van der Waals surface area contributed by atoms with Crippen LogP contribution in [0.3, 0.4) is 0 Å². The maximum atomic E-state index is 10.3. The van der Waals surface area contributed by atoms with E-state index in [4.69, 9.17) is 0 Å². The Kier molecular flexibility index (Phi) is 5.13. The van der Waals surface area contributed by atoms with E-state index < -0.39 is 35.1 Å². The van der Waals surface area contributed by atoms with Crippen LogP contribution in [-0.4, -0.2) is 79.7 Å². The molecule has 1 rings (SSSR count). The van der Waals surface area contributed by atoms with E-state index in [1.54, 1.807) is 0 Å². The average molecular weight is 246 g/mol. The molecule has 0 N–H and O–H groups in total. The fourth-order valence-electron chi connectivity index (χ4n) is 1.01. The van der Waals surface area contributed by atoms with Crippen LogP contribution in [0.25, 0.3) is 0 Å². The van der Waals surface area contributed by atoms with Crippen LogP contribution in [0.15, 0.2) is 0 Å². The Hall–Kier alpha value is -1.40. The average Bonchev–Trinajstić information content (AvgIpc) is 2.16. The van der Waals surface area contributed by atoms with E-state index in [9.17, 15) is 30.3 Å². The van der Waals surface area contributed by atoms with Crippen LogP contribution in [0.4, 0.5) is 0 Å². The molecule has 1 aliphatic rings. The molecule has 0 aromatic carbocycles. The molecule has 0 aliphatic carbocycles. The van der Waals surface area contributed by atoms with E-state index in [1.165, 1.54) is 0 Å². The SMILES string of the molecule is O=[N+]([O-])N1CN([N+](=O)[O-])CN([N+](=O)[O-])C1.[NaH]. The Morgan fingerprint density at radius 2 is 0.875 bits per heavy atom. The minimum atomic E-state index is -0.924. The van der Waals surface area contributed by atoms with Crippen molar-refractivity contribution in [3.8, 4) is 0 Å². The van der Waals surface area contributed by atoms with Crippen molar-refractivity contribution >= 4 is 29.6 Å². The first-order valence-electron chi connectivity index (χ1n) is 3.59. The number of hydrazine groups is 3. The first kappa shape index (κ1) is 14.6. The summed E-state index contributed by atoms with van der Waals surface area (Å²) in [7, 11) is 0. The summed E-state index contributed by atoms with van der Waals surface area (Å²) in [4.78, 5) is 31.0. The van der Waals surface area contributed by atoms with Gasteiger partial charge in [0.1, 0.15) is 0 Å². The zero-order chi connectivity index (χ0) is 11.6. The topological polar surface area (TPSA) is 139 Å². The molecule has 13 heteroatoms. The molecule has 0 bridgehead atoms. The number of nitro groups is 3. The van der Waals surface area contributed by atoms with Gasteiger partial charge in [-0.3, -0.25) is 0 Å². The van der Waals surface area contributed by atoms with E-state index in [2.05, 4.69) is 0 Å². The van der Waals surface area contributed by atoms with Crippen molar-refractivity contribution in [2.24, 2.45) is 0 Å². The molecule has 1 heterocycles. The van der Waals surface area contributed by atoms with E-state index >= 15 is 0 Å². The van der Waals surface area contributed by atoms with Crippen molar-refractivity contribution in [1.82, 2.24) is 15.0 Å². The molecule has 0 aromatic heterocycles. The van der Waals surface area contributed by atoms with Crippen molar-refractivity contribution in [3.63, 3.8) is 0 Å². The number of hydrogen-bond acceptors (Lipinski definition) is 6. The van der Waals surface area contributed by atoms with Crippen LogP contribution in [0.2, 0.25) is 0 Å². The van der Waals surface area contributed by atoms with Crippen molar-refractivity contribution in [2.75, 3.05) is 20.0 Å². The Bertz CT molecular complexity index is 257. The van der Waals surface area contributed by atoms with Gasteiger partial charge in [-0.15, -0.1) is 0 Å². The molecular weight excluding hydrogens is 239 g/mol. The standard InChI is InChI=1S/C3H6N6O6.Na.H/c10-7(11)4-1-5(8(12)13)3-6(2-4)9(14)15;;/h1-3H2;;. The van der Waals surface area contributed by atoms with Gasteiger partial charge in [0, 0.05) is 0 Å². The van der Waals surface area contributed by atoms with Crippen LogP contribution in [-0.2, 0) is 0 Å². The molecule has 16 heavy (non-hydrogen) atoms. The molecule has 1 fully saturated rings. The second-order valence-corrected chi connectivity index (χ2v) is 2.66. The van der Waals surface area contributed by atoms with Gasteiger partial charge >= 0.3 is 29.6 Å². The number of hydrogen-bond donors (Lipinski definition) is 0. The summed E-state index contributed by atoms with van der Waals surface area (Å²) in [5.74, 6) is 0. The Morgan fingerprint density at radius 3 is 1.00 bits per heavy atom. The molecule has 1 saturated heterocycles. The Labute approximate surface area is 110 Å². The molecule has 0 saturated carbocycles. The first-order chi connectivity index (χ1) is 6.91. The van der Waals surface area contributed by atoms with Crippen LogP contribution in [0.5, 0.6) is 0 Å². The van der Waals surface area contributed by atoms with E-state index in [0.717, 1.165) is 0 Å². The quantitative estimate of drug-likeness (QED) is 0.305. The third kappa shape index (κ3) is 3.32. The summed E-state index contributed by atoms with van der Waals surface area (Å²) < 4.78 is 0. The maximum absolute atomic E-state index is 10.3. The van der Waals surface area contributed by atoms with Crippen molar-refractivity contribution in [1.29, 1.82) is 0 Å². The molecule has 0 spiro atoms. The predicted molar refractivity (Wildman–Crippen MR) is 48.3 cm³/mol. The normalized spacial score (nSPS) is 15.4. The summed E-state index contributed by atoms with van der Waals surface area (Å²) in [6.07, 6.45) is 0. The van der Waals surface area contributed by atoms with Gasteiger partial charge in [0.05, 0.1) is 0 Å². The fourth-order valence-corrected chi connectivity index (χ4v) is 1.01. The van der Waals surface area contributed by atoms with Gasteiger partial charge in [-0.05, 0) is 0 Å². The molecule has 86 valence electrons. The van der Waals surface area contributed by atoms with Gasteiger partial charge in [-0.2, -0.15) is 0 Å². The summed E-state index contributed by atoms with van der Waals surface area (Å²) >= 11 is 0. The van der Waals surface area contributed by atoms with Crippen LogP contribution in [0.1, 0.15) is 0 Å². The van der Waals surface area contributed by atoms with Gasteiger partial charge in [0.15, 0.2) is 15.1 Å². The third-order valence-electron chi connectivity index (χ3n) is 1.67. The van der Waals surface area contributed by atoms with Crippen molar-refractivity contribution < 1.29 is 15.1 Å². The summed E-state index contributed by atoms with van der Waals surface area (Å²) in [6.45, 7) is -1.78. The molecule has 0 amide bonds. The minimum absolute atomic E-state index is 0. The van der Waals surface area contributed by atoms with Crippen LogP contribution < -0.4 is 0 Å². The molecule has 12 nitrogen and oxygen atoms in total. The summed E-state index contributed by atoms with van der Waals surface area (Å²) in [5, 5.41) is 29.3. The third-order valence-corrected chi connectivity index (χ3v) is 1.67. The second kappa shape index (κ2) is 5.62. The molecule has 0 unspecified atom stereocenters. The first-order valence-corrected chi connectivity index (χ1v) is 3.59. The molecule has 0 aromatic rings. The number of rotatable bonds is 3. The van der Waals surface area contributed by atoms with Gasteiger partial charge in [-0.1, -0.05) is 15.0 Å². The number of nitrogens with zero attached hydrogens (tertiary/aromatic N) is 6. The zero-order valence-electron chi connectivity index (χ0n) is 7.25. The van der Waals surface area contributed by atoms with Gasteiger partial charge in [-0.25, -0.2) is 30.3 Å². The summed E-state index contributed by atoms with van der Waals surface area (Å²) in [5.41, 5.74) is 0. The predicted octanol–water partition coefficient (Wildman–Crippen LogP) is -2.29. The van der Waals surface area contributed by atoms with E-state index in [1.807, 2.05) is 0 Å². The van der Waals surface area contributed by atoms with E-state index in [0.29, 0.717) is 15.0 Å². The molecule has 1 aliphatic heterocycles. The molecule has 0 atom stereocenters.